The summed E-state index contributed by atoms with van der Waals surface area (Å²) in [6.07, 6.45) is 0. The molecular formula is C17H15N3O4. The molecular weight excluding hydrogens is 310 g/mol. The van der Waals surface area contributed by atoms with Gasteiger partial charge in [-0.3, -0.25) is 10.1 Å². The molecule has 3 aromatic rings. The van der Waals surface area contributed by atoms with Crippen LogP contribution in [0.4, 0.5) is 11.4 Å². The number of nitro benzene ring substituents is 1. The summed E-state index contributed by atoms with van der Waals surface area (Å²) in [6.45, 7) is 0.257. The molecule has 0 atom stereocenters. The molecule has 0 saturated heterocycles. The fourth-order valence-electron chi connectivity index (χ4n) is 2.29. The summed E-state index contributed by atoms with van der Waals surface area (Å²) in [7, 11) is 1.58. The summed E-state index contributed by atoms with van der Waals surface area (Å²) in [6, 6.07) is 13.3. The number of aromatic nitrogens is 1. The maximum Gasteiger partial charge on any atom is 0.269 e. The number of nitrogen functional groups attached to an aromatic ring is 1. The molecule has 1 aromatic heterocycles. The van der Waals surface area contributed by atoms with E-state index in [2.05, 4.69) is 4.98 Å². The van der Waals surface area contributed by atoms with Gasteiger partial charge in [-0.1, -0.05) is 0 Å². The first-order valence-corrected chi connectivity index (χ1v) is 7.17. The van der Waals surface area contributed by atoms with Gasteiger partial charge in [0.15, 0.2) is 0 Å². The van der Waals surface area contributed by atoms with Crippen molar-refractivity contribution in [2.24, 2.45) is 0 Å². The van der Waals surface area contributed by atoms with Crippen LogP contribution in [0.1, 0.15) is 5.56 Å². The van der Waals surface area contributed by atoms with E-state index in [4.69, 9.17) is 15.2 Å². The molecule has 2 aromatic carbocycles. The van der Waals surface area contributed by atoms with Gasteiger partial charge in [-0.2, -0.15) is 0 Å². The third kappa shape index (κ3) is 3.19. The zero-order chi connectivity index (χ0) is 17.1. The van der Waals surface area contributed by atoms with Crippen molar-refractivity contribution in [3.8, 4) is 11.6 Å². The second-order valence-electron chi connectivity index (χ2n) is 5.15. The molecule has 7 heteroatoms. The maximum absolute atomic E-state index is 10.6. The van der Waals surface area contributed by atoms with Crippen LogP contribution in [-0.2, 0) is 6.61 Å². The number of hydrogen-bond acceptors (Lipinski definition) is 6. The van der Waals surface area contributed by atoms with Gasteiger partial charge in [0.2, 0.25) is 5.88 Å². The van der Waals surface area contributed by atoms with Crippen LogP contribution >= 0.6 is 0 Å². The molecule has 0 amide bonds. The summed E-state index contributed by atoms with van der Waals surface area (Å²) in [5.41, 5.74) is 7.99. The van der Waals surface area contributed by atoms with Gasteiger partial charge in [-0.05, 0) is 29.8 Å². The minimum Gasteiger partial charge on any atom is -0.497 e. The smallest absolute Gasteiger partial charge is 0.269 e. The fourth-order valence-corrected chi connectivity index (χ4v) is 2.29. The Bertz CT molecular complexity index is 894. The van der Waals surface area contributed by atoms with Gasteiger partial charge in [-0.15, -0.1) is 0 Å². The van der Waals surface area contributed by atoms with Gasteiger partial charge in [0.25, 0.3) is 5.69 Å². The van der Waals surface area contributed by atoms with Gasteiger partial charge in [-0.25, -0.2) is 4.98 Å². The van der Waals surface area contributed by atoms with Gasteiger partial charge in [0.1, 0.15) is 12.4 Å². The molecule has 0 aliphatic carbocycles. The van der Waals surface area contributed by atoms with Crippen molar-refractivity contribution in [3.63, 3.8) is 0 Å². The number of rotatable bonds is 5. The average Bonchev–Trinajstić information content (AvgIpc) is 2.60. The Morgan fingerprint density at radius 3 is 2.58 bits per heavy atom. The van der Waals surface area contributed by atoms with Crippen LogP contribution < -0.4 is 15.2 Å². The highest BCUT2D eigenvalue weighted by Crippen LogP contribution is 2.27. The van der Waals surface area contributed by atoms with E-state index in [1.54, 1.807) is 31.4 Å². The van der Waals surface area contributed by atoms with Crippen molar-refractivity contribution in [2.75, 3.05) is 12.8 Å². The predicted molar refractivity (Wildman–Crippen MR) is 90.1 cm³/mol. The molecule has 0 saturated carbocycles. The molecule has 0 spiro atoms. The molecule has 122 valence electrons. The standard InChI is InChI=1S/C17H15N3O4/c1-23-14-8-12-4-7-16(19-17(12)15(18)9-14)24-10-11-2-5-13(6-3-11)20(21)22/h2-9H,10,18H2,1H3. The molecule has 1 heterocycles. The SMILES string of the molecule is COc1cc(N)c2nc(OCc3ccc([N+](=O)[O-])cc3)ccc2c1. The van der Waals surface area contributed by atoms with E-state index < -0.39 is 4.92 Å². The summed E-state index contributed by atoms with van der Waals surface area (Å²) >= 11 is 0. The number of hydrogen-bond donors (Lipinski definition) is 1. The molecule has 7 nitrogen and oxygen atoms in total. The third-order valence-electron chi connectivity index (χ3n) is 3.54. The number of nitrogens with zero attached hydrogens (tertiary/aromatic N) is 2. The van der Waals surface area contributed by atoms with E-state index in [0.717, 1.165) is 10.9 Å². The van der Waals surface area contributed by atoms with E-state index in [9.17, 15) is 10.1 Å². The number of fused-ring (bicyclic) bond motifs is 1. The Labute approximate surface area is 137 Å². The number of pyridine rings is 1. The molecule has 0 radical (unpaired) electrons. The first-order valence-electron chi connectivity index (χ1n) is 7.17. The topological polar surface area (TPSA) is 101 Å². The Morgan fingerprint density at radius 1 is 1.17 bits per heavy atom. The quantitative estimate of drug-likeness (QED) is 0.439. The molecule has 0 bridgehead atoms. The Kier molecular flexibility index (Phi) is 4.15. The minimum atomic E-state index is -0.438. The molecule has 0 fully saturated rings. The largest absolute Gasteiger partial charge is 0.497 e. The molecule has 24 heavy (non-hydrogen) atoms. The lowest BCUT2D eigenvalue weighted by Crippen LogP contribution is -1.99. The van der Waals surface area contributed by atoms with Crippen LogP contribution in [-0.4, -0.2) is 17.0 Å². The first-order chi connectivity index (χ1) is 11.6. The van der Waals surface area contributed by atoms with Crippen LogP contribution in [0.25, 0.3) is 10.9 Å². The summed E-state index contributed by atoms with van der Waals surface area (Å²) < 4.78 is 10.8. The Hall–Kier alpha value is -3.35. The van der Waals surface area contributed by atoms with Crippen LogP contribution in [0, 0.1) is 10.1 Å². The lowest BCUT2D eigenvalue weighted by atomic mass is 10.2. The van der Waals surface area contributed by atoms with Gasteiger partial charge in [0.05, 0.1) is 23.2 Å². The summed E-state index contributed by atoms with van der Waals surface area (Å²) in [5.74, 6) is 1.10. The second kappa shape index (κ2) is 6.41. The van der Waals surface area contributed by atoms with Crippen LogP contribution in [0.15, 0.2) is 48.5 Å². The molecule has 0 aliphatic heterocycles. The Balaban J connectivity index is 1.78. The van der Waals surface area contributed by atoms with E-state index in [1.807, 2.05) is 12.1 Å². The molecule has 0 aliphatic rings. The van der Waals surface area contributed by atoms with Crippen molar-refractivity contribution >= 4 is 22.3 Å². The van der Waals surface area contributed by atoms with E-state index in [1.165, 1.54) is 12.1 Å². The zero-order valence-electron chi connectivity index (χ0n) is 12.9. The van der Waals surface area contributed by atoms with E-state index in [0.29, 0.717) is 22.8 Å². The average molecular weight is 325 g/mol. The highest BCUT2D eigenvalue weighted by atomic mass is 16.6. The Morgan fingerprint density at radius 2 is 1.92 bits per heavy atom. The lowest BCUT2D eigenvalue weighted by molar-refractivity contribution is -0.384. The predicted octanol–water partition coefficient (Wildman–Crippen LogP) is 3.31. The summed E-state index contributed by atoms with van der Waals surface area (Å²) in [5, 5.41) is 11.5. The third-order valence-corrected chi connectivity index (χ3v) is 3.54. The fraction of sp³-hybridized carbons (Fsp3) is 0.118. The minimum absolute atomic E-state index is 0.0456. The zero-order valence-corrected chi connectivity index (χ0v) is 12.9. The van der Waals surface area contributed by atoms with Crippen molar-refractivity contribution in [2.45, 2.75) is 6.61 Å². The number of nitro groups is 1. The van der Waals surface area contributed by atoms with Gasteiger partial charge in [0, 0.05) is 29.7 Å². The van der Waals surface area contributed by atoms with Crippen molar-refractivity contribution in [3.05, 3.63) is 64.2 Å². The van der Waals surface area contributed by atoms with Crippen molar-refractivity contribution < 1.29 is 14.4 Å². The summed E-state index contributed by atoms with van der Waals surface area (Å²) in [4.78, 5) is 14.6. The lowest BCUT2D eigenvalue weighted by Gasteiger charge is -2.09. The van der Waals surface area contributed by atoms with E-state index >= 15 is 0 Å². The molecule has 0 unspecified atom stereocenters. The first kappa shape index (κ1) is 15.5. The number of methoxy groups -OCH3 is 1. The number of benzene rings is 2. The normalized spacial score (nSPS) is 10.5. The maximum atomic E-state index is 10.6. The highest BCUT2D eigenvalue weighted by molar-refractivity contribution is 5.91. The van der Waals surface area contributed by atoms with Crippen molar-refractivity contribution in [1.82, 2.24) is 4.98 Å². The number of ether oxygens (including phenoxy) is 2. The van der Waals surface area contributed by atoms with Crippen LogP contribution in [0.5, 0.6) is 11.6 Å². The van der Waals surface area contributed by atoms with Crippen LogP contribution in [0.2, 0.25) is 0 Å². The van der Waals surface area contributed by atoms with Crippen LogP contribution in [0.3, 0.4) is 0 Å². The molecule has 3 rings (SSSR count). The monoisotopic (exact) mass is 325 g/mol. The van der Waals surface area contributed by atoms with Gasteiger partial charge < -0.3 is 15.2 Å². The highest BCUT2D eigenvalue weighted by Gasteiger charge is 2.07. The van der Waals surface area contributed by atoms with Crippen molar-refractivity contribution in [1.29, 1.82) is 0 Å². The number of nitrogens with two attached hydrogens (primary N) is 1. The number of anilines is 1. The second-order valence-corrected chi connectivity index (χ2v) is 5.15. The van der Waals surface area contributed by atoms with Gasteiger partial charge >= 0.3 is 0 Å². The number of non-ortho nitro benzene ring substituents is 1. The van der Waals surface area contributed by atoms with E-state index in [-0.39, 0.29) is 12.3 Å². The molecule has 2 N–H and O–H groups in total.